The van der Waals surface area contributed by atoms with Crippen molar-refractivity contribution in [3.63, 3.8) is 0 Å². The lowest BCUT2D eigenvalue weighted by molar-refractivity contribution is 0.218. The third kappa shape index (κ3) is 2.64. The van der Waals surface area contributed by atoms with Crippen molar-refractivity contribution in [3.8, 4) is 17.2 Å². The van der Waals surface area contributed by atoms with Crippen molar-refractivity contribution in [1.82, 2.24) is 4.90 Å². The molecule has 7 nitrogen and oxygen atoms in total. The number of aryl methyl sites for hydroxylation is 1. The van der Waals surface area contributed by atoms with Crippen LogP contribution in [0.4, 0.5) is 0 Å². The first-order chi connectivity index (χ1) is 16.6. The smallest absolute Gasteiger partial charge is 0.198 e. The van der Waals surface area contributed by atoms with E-state index in [1.165, 1.54) is 6.07 Å². The van der Waals surface area contributed by atoms with Gasteiger partial charge in [-0.1, -0.05) is 6.42 Å². The lowest BCUT2D eigenvalue weighted by Gasteiger charge is -2.32. The van der Waals surface area contributed by atoms with E-state index < -0.39 is 22.0 Å². The van der Waals surface area contributed by atoms with E-state index in [9.17, 15) is 30.0 Å². The Kier molecular flexibility index (Phi) is 4.37. The van der Waals surface area contributed by atoms with Gasteiger partial charge in [0.25, 0.3) is 0 Å². The first-order valence-electron chi connectivity index (χ1n) is 12.0. The van der Waals surface area contributed by atoms with Crippen molar-refractivity contribution in [2.45, 2.75) is 52.0 Å². The molecule has 0 radical (unpaired) electrons. The molecule has 2 aliphatic rings. The Morgan fingerprint density at radius 1 is 0.829 bits per heavy atom. The number of rotatable bonds is 2. The fourth-order valence-electron chi connectivity index (χ4n) is 6.30. The van der Waals surface area contributed by atoms with Crippen molar-refractivity contribution < 1.29 is 20.4 Å². The van der Waals surface area contributed by atoms with Gasteiger partial charge in [0.2, 0.25) is 0 Å². The van der Waals surface area contributed by atoms with Gasteiger partial charge in [-0.15, -0.1) is 0 Å². The number of hydrogen-bond donors (Lipinski definition) is 4. The van der Waals surface area contributed by atoms with E-state index >= 15 is 0 Å². The number of aromatic hydroxyl groups is 3. The predicted octanol–water partition coefficient (Wildman–Crippen LogP) is 3.39. The van der Waals surface area contributed by atoms with Crippen molar-refractivity contribution in [2.24, 2.45) is 0 Å². The maximum Gasteiger partial charge on any atom is 0.198 e. The second-order valence-corrected chi connectivity index (χ2v) is 10.6. The molecule has 35 heavy (non-hydrogen) atoms. The Balaban J connectivity index is 1.92. The summed E-state index contributed by atoms with van der Waals surface area (Å²) in [6.45, 7) is 6.98. The Bertz CT molecular complexity index is 1770. The third-order valence-corrected chi connectivity index (χ3v) is 8.12. The van der Waals surface area contributed by atoms with Gasteiger partial charge in [-0.25, -0.2) is 0 Å². The lowest BCUT2D eigenvalue weighted by Crippen LogP contribution is -2.41. The molecular formula is C28H27NO6. The van der Waals surface area contributed by atoms with Crippen LogP contribution in [-0.2, 0) is 12.0 Å². The average molecular weight is 474 g/mol. The summed E-state index contributed by atoms with van der Waals surface area (Å²) in [5.74, 6) is -1.06. The zero-order chi connectivity index (χ0) is 25.0. The summed E-state index contributed by atoms with van der Waals surface area (Å²) in [5, 5.41) is 46.7. The van der Waals surface area contributed by atoms with Crippen LogP contribution in [0.1, 0.15) is 49.8 Å². The number of benzene rings is 4. The van der Waals surface area contributed by atoms with Gasteiger partial charge in [0.1, 0.15) is 23.0 Å². The number of hydrogen-bond acceptors (Lipinski definition) is 7. The zero-order valence-electron chi connectivity index (χ0n) is 19.9. The van der Waals surface area contributed by atoms with Crippen LogP contribution < -0.4 is 16.1 Å². The number of nitrogens with zero attached hydrogens (tertiary/aromatic N) is 1. The summed E-state index contributed by atoms with van der Waals surface area (Å²) in [4.78, 5) is 29.1. The third-order valence-electron chi connectivity index (χ3n) is 8.12. The summed E-state index contributed by atoms with van der Waals surface area (Å²) in [6.07, 6.45) is 3.10. The highest BCUT2D eigenvalue weighted by Gasteiger charge is 2.38. The van der Waals surface area contributed by atoms with Gasteiger partial charge in [-0.3, -0.25) is 14.5 Å². The largest absolute Gasteiger partial charge is 0.511 e. The Hall–Kier alpha value is -3.58. The average Bonchev–Trinajstić information content (AvgIpc) is 2.80. The fourth-order valence-corrected chi connectivity index (χ4v) is 6.30. The van der Waals surface area contributed by atoms with Gasteiger partial charge in [0.15, 0.2) is 10.9 Å². The number of piperidine rings is 1. The molecule has 0 unspecified atom stereocenters. The molecule has 4 aromatic rings. The Labute approximate surface area is 200 Å². The summed E-state index contributed by atoms with van der Waals surface area (Å²) in [6, 6.07) is 2.91. The molecule has 1 saturated heterocycles. The molecule has 0 spiro atoms. The number of phenols is 3. The van der Waals surface area contributed by atoms with Crippen LogP contribution in [0.2, 0.25) is 0 Å². The van der Waals surface area contributed by atoms with E-state index in [1.54, 1.807) is 26.8 Å². The first kappa shape index (κ1) is 21.9. The molecule has 0 aromatic heterocycles. The summed E-state index contributed by atoms with van der Waals surface area (Å²) >= 11 is 0. The maximum atomic E-state index is 13.9. The van der Waals surface area contributed by atoms with Crippen molar-refractivity contribution in [3.05, 3.63) is 54.5 Å². The lowest BCUT2D eigenvalue weighted by atomic mass is 9.72. The number of phenolic OH excluding ortho intramolecular Hbond substituents is 3. The second-order valence-electron chi connectivity index (χ2n) is 10.6. The molecule has 1 fully saturated rings. The summed E-state index contributed by atoms with van der Waals surface area (Å²) in [5.41, 5.74) is -0.800. The molecule has 4 N–H and O–H groups in total. The molecule has 1 heterocycles. The highest BCUT2D eigenvalue weighted by Crippen LogP contribution is 2.51. The zero-order valence-corrected chi connectivity index (χ0v) is 19.9. The van der Waals surface area contributed by atoms with E-state index in [0.717, 1.165) is 32.4 Å². The maximum absolute atomic E-state index is 13.9. The Morgan fingerprint density at radius 2 is 1.51 bits per heavy atom. The van der Waals surface area contributed by atoms with E-state index in [0.29, 0.717) is 27.3 Å². The van der Waals surface area contributed by atoms with Crippen LogP contribution in [-0.4, -0.2) is 38.4 Å². The number of likely N-dealkylation sites (tertiary alicyclic amines) is 1. The van der Waals surface area contributed by atoms with Gasteiger partial charge in [-0.2, -0.15) is 0 Å². The van der Waals surface area contributed by atoms with Gasteiger partial charge >= 0.3 is 0 Å². The molecule has 6 rings (SSSR count). The fraction of sp³-hybridized carbons (Fsp3) is 0.357. The Morgan fingerprint density at radius 3 is 2.20 bits per heavy atom. The van der Waals surface area contributed by atoms with Gasteiger partial charge < -0.3 is 20.4 Å². The molecule has 0 atom stereocenters. The second kappa shape index (κ2) is 6.98. The summed E-state index contributed by atoms with van der Waals surface area (Å²) in [7, 11) is 0. The van der Waals surface area contributed by atoms with Crippen molar-refractivity contribution in [1.29, 1.82) is 0 Å². The van der Waals surface area contributed by atoms with Crippen LogP contribution in [0.5, 0.6) is 17.2 Å². The summed E-state index contributed by atoms with van der Waals surface area (Å²) < 4.78 is 0. The molecular weight excluding hydrogens is 446 g/mol. The van der Waals surface area contributed by atoms with Crippen molar-refractivity contribution in [2.75, 3.05) is 13.1 Å². The van der Waals surface area contributed by atoms with E-state index in [4.69, 9.17) is 0 Å². The van der Waals surface area contributed by atoms with Crippen LogP contribution in [0, 0.1) is 6.92 Å². The van der Waals surface area contributed by atoms with E-state index in [2.05, 4.69) is 4.90 Å². The van der Waals surface area contributed by atoms with Crippen LogP contribution >= 0.6 is 0 Å². The minimum absolute atomic E-state index is 0.00430. The number of aliphatic hydroxyl groups excluding tert-OH is 1. The van der Waals surface area contributed by atoms with E-state index in [1.807, 2.05) is 0 Å². The quantitative estimate of drug-likeness (QED) is 0.260. The van der Waals surface area contributed by atoms with Crippen LogP contribution in [0.3, 0.4) is 0 Å². The van der Waals surface area contributed by atoms with Crippen molar-refractivity contribution >= 4 is 38.1 Å². The molecule has 1 aliphatic heterocycles. The van der Waals surface area contributed by atoms with E-state index in [-0.39, 0.29) is 50.7 Å². The molecule has 0 bridgehead atoms. The highest BCUT2D eigenvalue weighted by molar-refractivity contribution is 6.29. The minimum atomic E-state index is -1.05. The molecule has 1 aliphatic carbocycles. The number of aliphatic hydroxyl groups is 1. The molecule has 7 heteroatoms. The molecule has 180 valence electrons. The standard InChI is InChI=1S/C28H27NO6/c1-12-9-15(30)19-20-17(12)16(31)10-14-18(20)21-22(26(19)34)24(32)13(11-29-7-5-4-6-8-29)25(33)23(21)27(35)28(14,2)3/h9-10,31-32,34-35H,4-8,11H2,1-3H3. The predicted molar refractivity (Wildman–Crippen MR) is 136 cm³/mol. The van der Waals surface area contributed by atoms with Crippen LogP contribution in [0.15, 0.2) is 21.7 Å². The molecule has 0 saturated carbocycles. The monoisotopic (exact) mass is 473 g/mol. The SMILES string of the molecule is Cc1cc(=O)c2c(O)c3c(O)c(CN4CCCCC4)c(=O)c4c3c3c(cc(O)c1c23)C(C)(C)C=4O. The highest BCUT2D eigenvalue weighted by atomic mass is 16.3. The normalized spacial score (nSPS) is 17.9. The van der Waals surface area contributed by atoms with Gasteiger partial charge in [-0.05, 0) is 75.3 Å². The molecule has 4 aromatic carbocycles. The van der Waals surface area contributed by atoms with Gasteiger partial charge in [0.05, 0.1) is 21.6 Å². The minimum Gasteiger partial charge on any atom is -0.511 e. The van der Waals surface area contributed by atoms with Crippen LogP contribution in [0.25, 0.3) is 38.1 Å². The topological polar surface area (TPSA) is 118 Å². The van der Waals surface area contributed by atoms with Gasteiger partial charge in [0, 0.05) is 28.1 Å². The molecule has 0 amide bonds. The first-order valence-corrected chi connectivity index (χ1v) is 12.0.